The summed E-state index contributed by atoms with van der Waals surface area (Å²) in [5, 5.41) is 10.2. The summed E-state index contributed by atoms with van der Waals surface area (Å²) in [6.45, 7) is 1.97. The van der Waals surface area contributed by atoms with E-state index in [-0.39, 0.29) is 17.4 Å². The molecule has 50 heavy (non-hydrogen) atoms. The van der Waals surface area contributed by atoms with E-state index in [1.165, 1.54) is 35.2 Å². The van der Waals surface area contributed by atoms with Gasteiger partial charge in [0.15, 0.2) is 5.13 Å². The number of benzene rings is 5. The number of amides is 3. The summed E-state index contributed by atoms with van der Waals surface area (Å²) in [6, 6.07) is 38.9. The van der Waals surface area contributed by atoms with E-state index >= 15 is 0 Å². The maximum Gasteiger partial charge on any atom is 0.272 e. The van der Waals surface area contributed by atoms with Crippen LogP contribution in [0, 0.1) is 12.7 Å². The molecule has 0 saturated heterocycles. The van der Waals surface area contributed by atoms with E-state index in [2.05, 4.69) is 20.9 Å². The van der Waals surface area contributed by atoms with Crippen LogP contribution in [0.5, 0.6) is 0 Å². The van der Waals surface area contributed by atoms with Crippen LogP contribution in [-0.2, 0) is 9.59 Å². The molecule has 1 atom stereocenters. The minimum atomic E-state index is -0.650. The van der Waals surface area contributed by atoms with Crippen molar-refractivity contribution in [3.8, 4) is 11.3 Å². The fraction of sp³-hybridized carbons (Fsp3) is 0.0500. The second kappa shape index (κ2) is 16.0. The average molecular weight is 699 g/mol. The number of aromatic nitrogens is 1. The summed E-state index contributed by atoms with van der Waals surface area (Å²) in [7, 11) is 0. The molecule has 7 nitrogen and oxygen atoms in total. The van der Waals surface area contributed by atoms with E-state index < -0.39 is 17.1 Å². The van der Waals surface area contributed by atoms with Crippen molar-refractivity contribution < 1.29 is 18.8 Å². The molecule has 0 fully saturated rings. The zero-order chi connectivity index (χ0) is 34.9. The molecule has 6 rings (SSSR count). The van der Waals surface area contributed by atoms with Gasteiger partial charge in [-0.25, -0.2) is 9.37 Å². The predicted octanol–water partition coefficient (Wildman–Crippen LogP) is 9.14. The largest absolute Gasteiger partial charge is 0.321 e. The Hall–Kier alpha value is -5.84. The van der Waals surface area contributed by atoms with Gasteiger partial charge in [0, 0.05) is 27.1 Å². The molecule has 0 radical (unpaired) electrons. The first-order chi connectivity index (χ1) is 24.3. The molecule has 0 aliphatic carbocycles. The zero-order valence-corrected chi connectivity index (χ0v) is 28.4. The van der Waals surface area contributed by atoms with Gasteiger partial charge >= 0.3 is 0 Å². The van der Waals surface area contributed by atoms with Gasteiger partial charge in [0.05, 0.1) is 5.69 Å². The highest BCUT2D eigenvalue weighted by Gasteiger charge is 2.24. The number of hydrogen-bond acceptors (Lipinski definition) is 6. The van der Waals surface area contributed by atoms with Crippen molar-refractivity contribution in [2.75, 3.05) is 10.6 Å². The van der Waals surface area contributed by atoms with E-state index in [0.717, 1.165) is 27.1 Å². The number of thioether (sulfide) groups is 1. The van der Waals surface area contributed by atoms with Gasteiger partial charge in [-0.1, -0.05) is 84.4 Å². The summed E-state index contributed by atoms with van der Waals surface area (Å²) in [4.78, 5) is 45.7. The molecular formula is C40H31FN4O3S2. The Morgan fingerprint density at radius 2 is 1.50 bits per heavy atom. The SMILES string of the molecule is Cc1ccc(/C=C(\NC(=O)c2ccccc2)C(=O)Nc2cccc(SC(C(=O)Nc3nc(-c4ccc(F)cc4)cs3)c3ccccc3)c2)cc1. The summed E-state index contributed by atoms with van der Waals surface area (Å²) in [6.07, 6.45) is 1.63. The van der Waals surface area contributed by atoms with Crippen LogP contribution in [0.4, 0.5) is 15.2 Å². The highest BCUT2D eigenvalue weighted by Crippen LogP contribution is 2.38. The molecule has 3 N–H and O–H groups in total. The molecule has 0 bridgehead atoms. The second-order valence-electron chi connectivity index (χ2n) is 11.2. The standard InChI is InChI=1S/C40H31FN4O3S2/c1-26-15-17-27(18-16-26)23-34(43-37(46)30-11-6-3-7-12-30)38(47)42-32-13-8-14-33(24-32)50-36(29-9-4-2-5-10-29)39(48)45-40-44-35(25-49-40)28-19-21-31(41)22-20-28/h2-25,36H,1H3,(H,42,47)(H,43,46)(H,44,45,48)/b34-23-. The smallest absolute Gasteiger partial charge is 0.272 e. The van der Waals surface area contributed by atoms with Crippen LogP contribution < -0.4 is 16.0 Å². The Morgan fingerprint density at radius 1 is 0.800 bits per heavy atom. The first kappa shape index (κ1) is 34.0. The number of nitrogens with zero attached hydrogens (tertiary/aromatic N) is 1. The number of nitrogens with one attached hydrogen (secondary N) is 3. The van der Waals surface area contributed by atoms with Gasteiger partial charge in [-0.15, -0.1) is 23.1 Å². The maximum atomic E-state index is 13.7. The van der Waals surface area contributed by atoms with Crippen LogP contribution in [0.1, 0.15) is 32.3 Å². The van der Waals surface area contributed by atoms with Crippen molar-refractivity contribution in [2.24, 2.45) is 0 Å². The lowest BCUT2D eigenvalue weighted by Gasteiger charge is -2.17. The molecule has 3 amide bonds. The number of thiazole rings is 1. The maximum absolute atomic E-state index is 13.7. The number of anilines is 2. The van der Waals surface area contributed by atoms with E-state index in [4.69, 9.17) is 0 Å². The molecule has 0 saturated carbocycles. The predicted molar refractivity (Wildman–Crippen MR) is 199 cm³/mol. The average Bonchev–Trinajstić information content (AvgIpc) is 3.60. The molecule has 0 aliphatic rings. The molecule has 5 aromatic carbocycles. The molecule has 0 spiro atoms. The van der Waals surface area contributed by atoms with Gasteiger partial charge in [0.1, 0.15) is 16.8 Å². The number of carbonyl (C=O) groups excluding carboxylic acids is 3. The summed E-state index contributed by atoms with van der Waals surface area (Å²) >= 11 is 2.61. The quantitative estimate of drug-likeness (QED) is 0.0926. The highest BCUT2D eigenvalue weighted by atomic mass is 32.2. The lowest BCUT2D eigenvalue weighted by Crippen LogP contribution is -2.30. The third-order valence-corrected chi connectivity index (χ3v) is 9.48. The van der Waals surface area contributed by atoms with Crippen LogP contribution in [0.3, 0.4) is 0 Å². The summed E-state index contributed by atoms with van der Waals surface area (Å²) in [5.41, 5.74) is 4.96. The monoisotopic (exact) mass is 698 g/mol. The van der Waals surface area contributed by atoms with Gasteiger partial charge < -0.3 is 16.0 Å². The Morgan fingerprint density at radius 3 is 2.22 bits per heavy atom. The number of rotatable bonds is 11. The second-order valence-corrected chi connectivity index (χ2v) is 13.3. The van der Waals surface area contributed by atoms with Gasteiger partial charge in [-0.3, -0.25) is 14.4 Å². The van der Waals surface area contributed by atoms with Gasteiger partial charge in [-0.2, -0.15) is 0 Å². The third kappa shape index (κ3) is 8.98. The van der Waals surface area contributed by atoms with E-state index in [1.807, 2.05) is 79.0 Å². The first-order valence-electron chi connectivity index (χ1n) is 15.6. The molecular weight excluding hydrogens is 668 g/mol. The zero-order valence-electron chi connectivity index (χ0n) is 26.8. The minimum absolute atomic E-state index is 0.0748. The molecule has 1 heterocycles. The van der Waals surface area contributed by atoms with E-state index in [9.17, 15) is 18.8 Å². The summed E-state index contributed by atoms with van der Waals surface area (Å²) in [5.74, 6) is -1.53. The van der Waals surface area contributed by atoms with Crippen LogP contribution in [0.2, 0.25) is 0 Å². The fourth-order valence-electron chi connectivity index (χ4n) is 4.91. The lowest BCUT2D eigenvalue weighted by atomic mass is 10.1. The third-order valence-electron chi connectivity index (χ3n) is 7.48. The van der Waals surface area contributed by atoms with Gasteiger partial charge in [0.2, 0.25) is 5.91 Å². The topological polar surface area (TPSA) is 100 Å². The number of aryl methyl sites for hydroxylation is 1. The van der Waals surface area contributed by atoms with Crippen molar-refractivity contribution >= 4 is 57.7 Å². The number of hydrogen-bond donors (Lipinski definition) is 3. The molecule has 6 aromatic rings. The van der Waals surface area contributed by atoms with Gasteiger partial charge in [-0.05, 0) is 78.7 Å². The van der Waals surface area contributed by atoms with E-state index in [0.29, 0.717) is 22.1 Å². The van der Waals surface area contributed by atoms with Crippen molar-refractivity contribution in [1.82, 2.24) is 10.3 Å². The molecule has 1 aromatic heterocycles. The van der Waals surface area contributed by atoms with Crippen molar-refractivity contribution in [3.63, 3.8) is 0 Å². The van der Waals surface area contributed by atoms with Crippen LogP contribution in [-0.4, -0.2) is 22.7 Å². The number of halogens is 1. The fourth-order valence-corrected chi connectivity index (χ4v) is 6.72. The van der Waals surface area contributed by atoms with Crippen LogP contribution >= 0.6 is 23.1 Å². The van der Waals surface area contributed by atoms with Crippen LogP contribution in [0.15, 0.2) is 149 Å². The van der Waals surface area contributed by atoms with E-state index in [1.54, 1.807) is 60.7 Å². The molecule has 10 heteroatoms. The Labute approximate surface area is 297 Å². The van der Waals surface area contributed by atoms with Crippen molar-refractivity contribution in [3.05, 3.63) is 173 Å². The van der Waals surface area contributed by atoms with Crippen LogP contribution in [0.25, 0.3) is 17.3 Å². The first-order valence-corrected chi connectivity index (χ1v) is 17.4. The molecule has 0 aliphatic heterocycles. The highest BCUT2D eigenvalue weighted by molar-refractivity contribution is 8.00. The molecule has 248 valence electrons. The Balaban J connectivity index is 1.20. The normalized spacial score (nSPS) is 11.8. The van der Waals surface area contributed by atoms with Gasteiger partial charge in [0.25, 0.3) is 11.8 Å². The Kier molecular flexibility index (Phi) is 10.9. The lowest BCUT2D eigenvalue weighted by molar-refractivity contribution is -0.116. The Bertz CT molecular complexity index is 2140. The minimum Gasteiger partial charge on any atom is -0.321 e. The van der Waals surface area contributed by atoms with Crippen molar-refractivity contribution in [1.29, 1.82) is 0 Å². The number of carbonyl (C=O) groups is 3. The summed E-state index contributed by atoms with van der Waals surface area (Å²) < 4.78 is 13.4. The van der Waals surface area contributed by atoms with Crippen molar-refractivity contribution in [2.45, 2.75) is 17.1 Å². The molecule has 1 unspecified atom stereocenters.